The molecule has 344 valence electrons. The highest BCUT2D eigenvalue weighted by Gasteiger charge is 2.31. The summed E-state index contributed by atoms with van der Waals surface area (Å²) < 4.78 is 92.1. The number of hydrogen-bond donors (Lipinski definition) is 2. The normalized spacial score (nSPS) is 11.5. The first-order valence-corrected chi connectivity index (χ1v) is 22.2. The lowest BCUT2D eigenvalue weighted by Gasteiger charge is -2.13. The Morgan fingerprint density at radius 2 is 0.957 bits per heavy atom. The molecule has 0 bridgehead atoms. The molecule has 0 spiro atoms. The molecule has 0 saturated heterocycles. The van der Waals surface area contributed by atoms with Crippen LogP contribution in [-0.2, 0) is 17.1 Å². The molecule has 6 aromatic carbocycles. The zero-order chi connectivity index (χ0) is 48.3. The van der Waals surface area contributed by atoms with E-state index in [1.54, 1.807) is 30.3 Å². The number of fused-ring (bicyclic) bond motifs is 2. The number of anilines is 2. The maximum atomic E-state index is 13.1. The molecule has 0 unspecified atom stereocenters. The quantitative estimate of drug-likeness (QED) is 0.134. The van der Waals surface area contributed by atoms with Crippen LogP contribution in [0.1, 0.15) is 18.1 Å². The van der Waals surface area contributed by atoms with Crippen LogP contribution in [0.4, 0.5) is 36.6 Å². The van der Waals surface area contributed by atoms with E-state index in [0.717, 1.165) is 44.8 Å². The topological polar surface area (TPSA) is 151 Å². The standard InChI is InChI=1S/C26H17F3N4O2S.C24H15F3N4OS/c1-15(34)30-25-31-24-20(8-5-9-21(24)36-25)35-22-14-19(16-10-12-18(13-11-16)26(27,28)29)23(33-32-22)17-6-3-2-4-7-17;25-24(26,27)16-11-9-14(10-12-16)17-13-20(30-31-21(17)15-5-2-1-3-6-15)32-18-7-4-8-19-22(18)29-23(28)33-19/h2-14H,1H3,(H,30,31,34);1-13H,(H2,28,29). The molecule has 0 aliphatic carbocycles. The summed E-state index contributed by atoms with van der Waals surface area (Å²) in [4.78, 5) is 20.1. The van der Waals surface area contributed by atoms with Gasteiger partial charge in [0.05, 0.1) is 20.5 Å². The predicted molar refractivity (Wildman–Crippen MR) is 254 cm³/mol. The van der Waals surface area contributed by atoms with Gasteiger partial charge in [-0.15, -0.1) is 20.4 Å². The Bertz CT molecular complexity index is 3450. The maximum Gasteiger partial charge on any atom is 0.416 e. The average Bonchev–Trinajstić information content (AvgIpc) is 3.95. The molecular formula is C50H32F6N8O3S2. The van der Waals surface area contributed by atoms with Crippen LogP contribution < -0.4 is 20.5 Å². The molecule has 19 heteroatoms. The fourth-order valence-electron chi connectivity index (χ4n) is 7.04. The molecule has 0 aliphatic rings. The number of hydrogen-bond acceptors (Lipinski definition) is 12. The Morgan fingerprint density at radius 3 is 1.39 bits per heavy atom. The molecular weight excluding hydrogens is 939 g/mol. The van der Waals surface area contributed by atoms with Gasteiger partial charge >= 0.3 is 12.4 Å². The molecule has 0 saturated carbocycles. The number of nitrogen functional groups attached to an aromatic ring is 1. The number of nitrogens with zero attached hydrogens (tertiary/aromatic N) is 6. The van der Waals surface area contributed by atoms with E-state index in [9.17, 15) is 31.1 Å². The molecule has 1 amide bonds. The van der Waals surface area contributed by atoms with E-state index in [0.29, 0.717) is 66.4 Å². The van der Waals surface area contributed by atoms with Gasteiger partial charge in [-0.3, -0.25) is 4.79 Å². The summed E-state index contributed by atoms with van der Waals surface area (Å²) in [5.41, 5.74) is 10.3. The third-order valence-electron chi connectivity index (χ3n) is 10.2. The van der Waals surface area contributed by atoms with Crippen molar-refractivity contribution in [3.63, 3.8) is 0 Å². The van der Waals surface area contributed by atoms with Gasteiger partial charge in [0.15, 0.2) is 21.8 Å². The van der Waals surface area contributed by atoms with Crippen LogP contribution in [0.5, 0.6) is 23.3 Å². The second-order valence-electron chi connectivity index (χ2n) is 14.9. The minimum absolute atomic E-state index is 0.145. The summed E-state index contributed by atoms with van der Waals surface area (Å²) in [5.74, 6) is 0.955. The first-order chi connectivity index (χ1) is 33.2. The third kappa shape index (κ3) is 10.5. The zero-order valence-corrected chi connectivity index (χ0v) is 37.2. The smallest absolute Gasteiger partial charge is 0.416 e. The highest BCUT2D eigenvalue weighted by molar-refractivity contribution is 7.22. The summed E-state index contributed by atoms with van der Waals surface area (Å²) in [6.07, 6.45) is -8.85. The van der Waals surface area contributed by atoms with Crippen molar-refractivity contribution in [1.29, 1.82) is 0 Å². The van der Waals surface area contributed by atoms with Crippen molar-refractivity contribution in [2.45, 2.75) is 19.3 Å². The predicted octanol–water partition coefficient (Wildman–Crippen LogP) is 14.0. The van der Waals surface area contributed by atoms with Gasteiger partial charge in [0.1, 0.15) is 22.4 Å². The fourth-order valence-corrected chi connectivity index (χ4v) is 8.72. The molecule has 69 heavy (non-hydrogen) atoms. The van der Waals surface area contributed by atoms with Crippen LogP contribution in [0, 0.1) is 0 Å². The number of nitrogens with one attached hydrogen (secondary N) is 1. The third-order valence-corrected chi connectivity index (χ3v) is 12.0. The van der Waals surface area contributed by atoms with Gasteiger partial charge in [-0.25, -0.2) is 9.97 Å². The van der Waals surface area contributed by atoms with Gasteiger partial charge in [-0.1, -0.05) is 120 Å². The highest BCUT2D eigenvalue weighted by atomic mass is 32.1. The number of benzene rings is 6. The SMILES string of the molecule is CC(=O)Nc1nc2c(Oc3cc(-c4ccc(C(F)(F)F)cc4)c(-c4ccccc4)nn3)cccc2s1.Nc1nc2c(Oc3cc(-c4ccc(C(F)(F)F)cc4)c(-c4ccccc4)nn3)cccc2s1. The molecule has 0 fully saturated rings. The molecule has 4 heterocycles. The Balaban J connectivity index is 0.000000172. The average molecular weight is 971 g/mol. The van der Waals surface area contributed by atoms with Crippen molar-refractivity contribution in [3.8, 4) is 68.0 Å². The van der Waals surface area contributed by atoms with Crippen LogP contribution in [0.25, 0.3) is 65.2 Å². The first kappa shape index (κ1) is 45.8. The number of nitrogens with two attached hydrogens (primary N) is 1. The van der Waals surface area contributed by atoms with Crippen LogP contribution in [0.2, 0.25) is 0 Å². The van der Waals surface area contributed by atoms with Crippen molar-refractivity contribution in [2.75, 3.05) is 11.1 Å². The van der Waals surface area contributed by atoms with Crippen LogP contribution >= 0.6 is 22.7 Å². The number of carbonyl (C=O) groups excluding carboxylic acids is 1. The Morgan fingerprint density at radius 1 is 0.522 bits per heavy atom. The van der Waals surface area contributed by atoms with Crippen LogP contribution in [-0.4, -0.2) is 36.3 Å². The van der Waals surface area contributed by atoms with E-state index in [4.69, 9.17) is 15.2 Å². The summed E-state index contributed by atoms with van der Waals surface area (Å²) in [5, 5.41) is 20.6. The van der Waals surface area contributed by atoms with Gasteiger partial charge < -0.3 is 20.5 Å². The van der Waals surface area contributed by atoms with Crippen molar-refractivity contribution in [2.24, 2.45) is 0 Å². The number of ether oxygens (including phenoxy) is 2. The Hall–Kier alpha value is -8.29. The Labute approximate surface area is 395 Å². The van der Waals surface area contributed by atoms with E-state index in [2.05, 4.69) is 35.7 Å². The number of rotatable bonds is 9. The Kier molecular flexibility index (Phi) is 12.7. The van der Waals surface area contributed by atoms with Gasteiger partial charge in [-0.05, 0) is 59.7 Å². The summed E-state index contributed by atoms with van der Waals surface area (Å²) in [6.45, 7) is 1.40. The molecule has 11 nitrogen and oxygen atoms in total. The number of alkyl halides is 6. The van der Waals surface area contributed by atoms with E-state index >= 15 is 0 Å². The molecule has 0 radical (unpaired) electrons. The largest absolute Gasteiger partial charge is 0.435 e. The molecule has 3 N–H and O–H groups in total. The molecule has 0 aliphatic heterocycles. The van der Waals surface area contributed by atoms with Crippen LogP contribution in [0.15, 0.2) is 158 Å². The number of amides is 1. The highest BCUT2D eigenvalue weighted by Crippen LogP contribution is 2.40. The second kappa shape index (κ2) is 19.1. The van der Waals surface area contributed by atoms with Crippen molar-refractivity contribution in [3.05, 3.63) is 169 Å². The second-order valence-corrected chi connectivity index (χ2v) is 17.0. The molecule has 10 rings (SSSR count). The van der Waals surface area contributed by atoms with E-state index in [1.807, 2.05) is 78.9 Å². The minimum Gasteiger partial charge on any atom is -0.435 e. The van der Waals surface area contributed by atoms with Gasteiger partial charge in [0.25, 0.3) is 0 Å². The number of thiazole rings is 2. The summed E-state index contributed by atoms with van der Waals surface area (Å²) in [7, 11) is 0. The van der Waals surface area contributed by atoms with E-state index in [1.165, 1.54) is 53.9 Å². The number of halogens is 6. The lowest BCUT2D eigenvalue weighted by atomic mass is 9.99. The fraction of sp³-hybridized carbons (Fsp3) is 0.0600. The summed E-state index contributed by atoms with van der Waals surface area (Å²) in [6, 6.07) is 42.4. The monoisotopic (exact) mass is 970 g/mol. The van der Waals surface area contributed by atoms with Crippen molar-refractivity contribution in [1.82, 2.24) is 30.4 Å². The number of para-hydroxylation sites is 2. The number of carbonyl (C=O) groups is 1. The lowest BCUT2D eigenvalue weighted by Crippen LogP contribution is -2.04. The minimum atomic E-state index is -4.44. The lowest BCUT2D eigenvalue weighted by molar-refractivity contribution is -0.138. The molecule has 0 atom stereocenters. The first-order valence-electron chi connectivity index (χ1n) is 20.6. The number of aromatic nitrogens is 6. The summed E-state index contributed by atoms with van der Waals surface area (Å²) >= 11 is 2.64. The van der Waals surface area contributed by atoms with Gasteiger partial charge in [0.2, 0.25) is 17.7 Å². The van der Waals surface area contributed by atoms with E-state index in [-0.39, 0.29) is 17.7 Å². The van der Waals surface area contributed by atoms with Crippen LogP contribution in [0.3, 0.4) is 0 Å². The van der Waals surface area contributed by atoms with Gasteiger partial charge in [0, 0.05) is 41.3 Å². The zero-order valence-electron chi connectivity index (χ0n) is 35.6. The van der Waals surface area contributed by atoms with Crippen molar-refractivity contribution < 1.29 is 40.6 Å². The molecule has 4 aromatic heterocycles. The van der Waals surface area contributed by atoms with Crippen molar-refractivity contribution >= 4 is 59.3 Å². The van der Waals surface area contributed by atoms with E-state index < -0.39 is 23.5 Å². The van der Waals surface area contributed by atoms with Gasteiger partial charge in [-0.2, -0.15) is 26.3 Å². The molecule has 10 aromatic rings. The maximum absolute atomic E-state index is 13.1.